The van der Waals surface area contributed by atoms with Crippen LogP contribution in [0.2, 0.25) is 0 Å². The smallest absolute Gasteiger partial charge is 0.339 e. The van der Waals surface area contributed by atoms with E-state index >= 15 is 0 Å². The van der Waals surface area contributed by atoms with Gasteiger partial charge in [0, 0.05) is 44.2 Å². The molecule has 1 saturated heterocycles. The third-order valence-corrected chi connectivity index (χ3v) is 9.10. The second kappa shape index (κ2) is 14.9. The van der Waals surface area contributed by atoms with Crippen molar-refractivity contribution in [1.82, 2.24) is 14.8 Å². The van der Waals surface area contributed by atoms with E-state index in [1.807, 2.05) is 30.9 Å². The van der Waals surface area contributed by atoms with Crippen LogP contribution in [0.5, 0.6) is 5.75 Å². The molecule has 2 fully saturated rings. The van der Waals surface area contributed by atoms with Crippen LogP contribution in [-0.4, -0.2) is 77.6 Å². The summed E-state index contributed by atoms with van der Waals surface area (Å²) in [6, 6.07) is 13.1. The highest BCUT2D eigenvalue weighted by Crippen LogP contribution is 2.46. The highest BCUT2D eigenvalue weighted by atomic mass is 19.1. The topological polar surface area (TPSA) is 109 Å². The lowest BCUT2D eigenvalue weighted by molar-refractivity contribution is -0.122. The zero-order valence-electron chi connectivity index (χ0n) is 26.8. The molecule has 0 bridgehead atoms. The largest absolute Gasteiger partial charge is 0.494 e. The van der Waals surface area contributed by atoms with Crippen molar-refractivity contribution >= 4 is 18.3 Å². The predicted molar refractivity (Wildman–Crippen MR) is 172 cm³/mol. The van der Waals surface area contributed by atoms with E-state index in [1.165, 1.54) is 43.2 Å². The van der Waals surface area contributed by atoms with E-state index in [-0.39, 0.29) is 24.2 Å². The Balaban J connectivity index is 0.00000134. The molecule has 1 N–H and O–H groups in total. The number of hydrogen-bond donors (Lipinski definition) is 1. The second-order valence-electron chi connectivity index (χ2n) is 11.9. The van der Waals surface area contributed by atoms with E-state index in [2.05, 4.69) is 22.0 Å². The van der Waals surface area contributed by atoms with Gasteiger partial charge in [0.1, 0.15) is 11.6 Å². The van der Waals surface area contributed by atoms with Crippen molar-refractivity contribution in [3.8, 4) is 16.9 Å². The number of carbonyl (C=O) groups excluding carboxylic acids is 2. The van der Waals surface area contributed by atoms with Crippen LogP contribution in [0, 0.1) is 5.82 Å². The Morgan fingerprint density at radius 2 is 1.74 bits per heavy atom. The average molecular weight is 632 g/mol. The Morgan fingerprint density at radius 1 is 1.04 bits per heavy atom. The number of nitrogens with zero attached hydrogens (tertiary/aromatic N) is 3. The van der Waals surface area contributed by atoms with Crippen molar-refractivity contribution in [2.75, 3.05) is 33.4 Å². The summed E-state index contributed by atoms with van der Waals surface area (Å²) in [4.78, 5) is 43.5. The summed E-state index contributed by atoms with van der Waals surface area (Å²) < 4.78 is 24.7. The number of likely N-dealkylation sites (tertiary alicyclic amines) is 1. The van der Waals surface area contributed by atoms with Crippen molar-refractivity contribution < 1.29 is 33.4 Å². The van der Waals surface area contributed by atoms with Crippen LogP contribution in [0.4, 0.5) is 4.39 Å². The number of fused-ring (bicyclic) bond motifs is 1. The molecule has 1 saturated carbocycles. The molecule has 3 heterocycles. The van der Waals surface area contributed by atoms with Crippen molar-refractivity contribution in [2.24, 2.45) is 0 Å². The van der Waals surface area contributed by atoms with Crippen LogP contribution in [0.1, 0.15) is 88.7 Å². The summed E-state index contributed by atoms with van der Waals surface area (Å²) in [5.41, 5.74) is 7.03. The van der Waals surface area contributed by atoms with E-state index in [1.54, 1.807) is 6.07 Å². The van der Waals surface area contributed by atoms with Gasteiger partial charge in [0.05, 0.1) is 36.2 Å². The van der Waals surface area contributed by atoms with Gasteiger partial charge in [0.15, 0.2) is 0 Å². The summed E-state index contributed by atoms with van der Waals surface area (Å²) in [7, 11) is 1.35. The fraction of sp³-hybridized carbons (Fsp3) is 0.444. The van der Waals surface area contributed by atoms with E-state index in [4.69, 9.17) is 19.4 Å². The number of carbonyl (C=O) groups is 3. The van der Waals surface area contributed by atoms with Crippen LogP contribution in [0.3, 0.4) is 0 Å². The fourth-order valence-corrected chi connectivity index (χ4v) is 6.66. The highest BCUT2D eigenvalue weighted by molar-refractivity contribution is 6.00. The van der Waals surface area contributed by atoms with Crippen LogP contribution in [0.25, 0.3) is 11.1 Å². The number of aromatic nitrogens is 1. The number of esters is 1. The molecule has 3 aliphatic rings. The summed E-state index contributed by atoms with van der Waals surface area (Å²) in [5.74, 6) is 0.703. The molecule has 0 radical (unpaired) electrons. The molecular formula is C36H42FN3O6. The van der Waals surface area contributed by atoms with Gasteiger partial charge in [-0.1, -0.05) is 19.1 Å². The number of rotatable bonds is 9. The van der Waals surface area contributed by atoms with Gasteiger partial charge in [0.2, 0.25) is 0 Å². The SMILES string of the molecule is CCOc1cc(-c2ccc(F)cc2)c(C2CC2)cc1CN1CCC(N2CCc3nc(CC)c(C(=O)OC)cc3C2=O)CC1.O=CO. The maximum atomic E-state index is 13.6. The third-order valence-electron chi connectivity index (χ3n) is 9.10. The van der Waals surface area contributed by atoms with E-state index in [0.717, 1.165) is 55.0 Å². The van der Waals surface area contributed by atoms with E-state index in [9.17, 15) is 14.0 Å². The Morgan fingerprint density at radius 3 is 2.35 bits per heavy atom. The summed E-state index contributed by atoms with van der Waals surface area (Å²) in [5, 5.41) is 6.89. The number of methoxy groups -OCH3 is 1. The molecule has 0 spiro atoms. The molecule has 0 atom stereocenters. The summed E-state index contributed by atoms with van der Waals surface area (Å²) in [6.07, 6.45) is 5.43. The lowest BCUT2D eigenvalue weighted by atomic mass is 9.93. The Kier molecular flexibility index (Phi) is 10.7. The van der Waals surface area contributed by atoms with Crippen molar-refractivity contribution in [2.45, 2.75) is 70.9 Å². The molecule has 1 amide bonds. The molecule has 3 aromatic rings. The minimum Gasteiger partial charge on any atom is -0.494 e. The number of carboxylic acid groups (broad SMARTS) is 1. The van der Waals surface area contributed by atoms with Gasteiger partial charge in [-0.05, 0) is 92.0 Å². The zero-order valence-corrected chi connectivity index (χ0v) is 26.8. The monoisotopic (exact) mass is 631 g/mol. The van der Waals surface area contributed by atoms with E-state index < -0.39 is 5.97 Å². The second-order valence-corrected chi connectivity index (χ2v) is 11.9. The van der Waals surface area contributed by atoms with Crippen LogP contribution >= 0.6 is 0 Å². The average Bonchev–Trinajstić information content (AvgIpc) is 3.92. The zero-order chi connectivity index (χ0) is 32.8. The number of pyridine rings is 1. The third kappa shape index (κ3) is 7.22. The number of piperidine rings is 1. The Hall–Kier alpha value is -4.31. The number of hydrogen-bond acceptors (Lipinski definition) is 7. The van der Waals surface area contributed by atoms with Crippen LogP contribution in [-0.2, 0) is 28.9 Å². The molecule has 1 aliphatic carbocycles. The van der Waals surface area contributed by atoms with Gasteiger partial charge in [-0.3, -0.25) is 19.5 Å². The quantitative estimate of drug-likeness (QED) is 0.231. The van der Waals surface area contributed by atoms with Gasteiger partial charge in [-0.2, -0.15) is 0 Å². The van der Waals surface area contributed by atoms with Gasteiger partial charge in [0.25, 0.3) is 12.4 Å². The normalized spacial score (nSPS) is 16.7. The molecule has 6 rings (SSSR count). The number of ether oxygens (including phenoxy) is 2. The maximum Gasteiger partial charge on any atom is 0.339 e. The first-order chi connectivity index (χ1) is 22.3. The molecule has 46 heavy (non-hydrogen) atoms. The molecule has 2 aromatic carbocycles. The van der Waals surface area contributed by atoms with Crippen molar-refractivity contribution in [1.29, 1.82) is 0 Å². The molecule has 244 valence electrons. The number of halogens is 1. The molecule has 0 unspecified atom stereocenters. The van der Waals surface area contributed by atoms with Gasteiger partial charge < -0.3 is 19.5 Å². The number of benzene rings is 2. The molecule has 1 aromatic heterocycles. The lowest BCUT2D eigenvalue weighted by Crippen LogP contribution is -2.50. The predicted octanol–water partition coefficient (Wildman–Crippen LogP) is 5.88. The first-order valence-corrected chi connectivity index (χ1v) is 16.1. The van der Waals surface area contributed by atoms with Crippen LogP contribution < -0.4 is 4.74 Å². The number of amides is 1. The fourth-order valence-electron chi connectivity index (χ4n) is 6.66. The minimum absolute atomic E-state index is 0.0379. The lowest BCUT2D eigenvalue weighted by Gasteiger charge is -2.40. The van der Waals surface area contributed by atoms with Gasteiger partial charge in [-0.15, -0.1) is 0 Å². The standard InChI is InChI=1S/C35H40FN3O4.CH2O2/c1-4-31-30(35(41)42-3)19-29-32(37-31)14-17-39(34(29)40)26-12-15-38(16-13-26)21-24-18-27(22-6-7-22)28(20-33(24)43-5-2)23-8-10-25(36)11-9-23;2-1-3/h8-11,18-20,22,26H,4-7,12-17,21H2,1-3H3;1H,(H,2,3). The number of aryl methyl sites for hydroxylation is 1. The first-order valence-electron chi connectivity index (χ1n) is 16.1. The first kappa shape index (κ1) is 33.1. The Bertz CT molecular complexity index is 1560. The summed E-state index contributed by atoms with van der Waals surface area (Å²) >= 11 is 0. The van der Waals surface area contributed by atoms with Crippen molar-refractivity contribution in [3.05, 3.63) is 81.9 Å². The minimum atomic E-state index is -0.452. The Labute approximate surface area is 269 Å². The molecule has 10 heteroatoms. The van der Waals surface area contributed by atoms with Gasteiger partial charge in [-0.25, -0.2) is 9.18 Å². The summed E-state index contributed by atoms with van der Waals surface area (Å²) in [6.45, 7) is 7.48. The maximum absolute atomic E-state index is 13.6. The highest BCUT2D eigenvalue weighted by Gasteiger charge is 2.35. The van der Waals surface area contributed by atoms with E-state index in [0.29, 0.717) is 48.7 Å². The van der Waals surface area contributed by atoms with Crippen molar-refractivity contribution in [3.63, 3.8) is 0 Å². The molecule has 2 aliphatic heterocycles. The molecular weight excluding hydrogens is 589 g/mol. The molecule has 9 nitrogen and oxygen atoms in total. The van der Waals surface area contributed by atoms with Crippen LogP contribution in [0.15, 0.2) is 42.5 Å². The van der Waals surface area contributed by atoms with Gasteiger partial charge >= 0.3 is 5.97 Å².